The lowest BCUT2D eigenvalue weighted by Crippen LogP contribution is -2.27. The molecular formula is C23H22ClN3O5. The number of nitrogens with zero attached hydrogens (tertiary/aromatic N) is 3. The first kappa shape index (κ1) is 21.8. The van der Waals surface area contributed by atoms with Crippen LogP contribution in [-0.2, 0) is 9.59 Å². The van der Waals surface area contributed by atoms with Gasteiger partial charge < -0.3 is 14.3 Å². The maximum Gasteiger partial charge on any atom is 0.303 e. The number of carboxylic acids is 1. The Kier molecular flexibility index (Phi) is 6.41. The maximum absolute atomic E-state index is 12.9. The summed E-state index contributed by atoms with van der Waals surface area (Å²) in [5.74, 6) is 0.0577. The highest BCUT2D eigenvalue weighted by Crippen LogP contribution is 2.38. The Morgan fingerprint density at radius 1 is 1.28 bits per heavy atom. The van der Waals surface area contributed by atoms with Crippen LogP contribution in [0.2, 0.25) is 5.15 Å². The number of halogens is 1. The number of fused-ring (bicyclic) bond motifs is 1. The van der Waals surface area contributed by atoms with Gasteiger partial charge in [0.1, 0.15) is 22.4 Å². The van der Waals surface area contributed by atoms with Crippen molar-refractivity contribution in [1.29, 1.82) is 0 Å². The molecule has 0 saturated carbocycles. The predicted molar refractivity (Wildman–Crippen MR) is 119 cm³/mol. The molecule has 0 aliphatic carbocycles. The van der Waals surface area contributed by atoms with Crippen LogP contribution in [0.1, 0.15) is 50.0 Å². The van der Waals surface area contributed by atoms with Crippen LogP contribution >= 0.6 is 11.6 Å². The highest BCUT2D eigenvalue weighted by molar-refractivity contribution is 6.30. The van der Waals surface area contributed by atoms with E-state index in [1.54, 1.807) is 18.4 Å². The van der Waals surface area contributed by atoms with Gasteiger partial charge in [0.05, 0.1) is 24.4 Å². The normalized spacial score (nSPS) is 15.8. The first-order chi connectivity index (χ1) is 15.5. The molecule has 32 heavy (non-hydrogen) atoms. The molecule has 0 fully saturated rings. The standard InChI is InChI=1S/C23H22ClN3O5/c1-2-31-15-9-8-14-11-16(23(24)25-17(14)12-15)19-13-18(20-5-4-10-32-20)26-27(19)21(28)6-3-7-22(29)30/h4-5,8-12,19H,2-3,6-7,13H2,1H3,(H,29,30). The molecule has 3 aromatic rings. The van der Waals surface area contributed by atoms with Crippen molar-refractivity contribution in [2.75, 3.05) is 6.61 Å². The molecule has 0 saturated heterocycles. The van der Waals surface area contributed by atoms with Crippen LogP contribution in [0.4, 0.5) is 0 Å². The molecule has 1 N–H and O–H groups in total. The molecule has 1 amide bonds. The summed E-state index contributed by atoms with van der Waals surface area (Å²) >= 11 is 6.56. The molecule has 1 atom stereocenters. The minimum Gasteiger partial charge on any atom is -0.494 e. The minimum absolute atomic E-state index is 0.0636. The first-order valence-corrected chi connectivity index (χ1v) is 10.7. The molecular weight excluding hydrogens is 434 g/mol. The van der Waals surface area contributed by atoms with Crippen molar-refractivity contribution >= 4 is 40.1 Å². The fraction of sp³-hybridized carbons (Fsp3) is 0.304. The van der Waals surface area contributed by atoms with Gasteiger partial charge in [0.15, 0.2) is 0 Å². The van der Waals surface area contributed by atoms with Gasteiger partial charge >= 0.3 is 5.97 Å². The molecule has 9 heteroatoms. The van der Waals surface area contributed by atoms with Gasteiger partial charge in [-0.05, 0) is 43.7 Å². The molecule has 3 heterocycles. The number of aliphatic carboxylic acids is 1. The Hall–Kier alpha value is -3.39. The Labute approximate surface area is 189 Å². The fourth-order valence-electron chi connectivity index (χ4n) is 3.71. The summed E-state index contributed by atoms with van der Waals surface area (Å²) in [6.07, 6.45) is 2.16. The van der Waals surface area contributed by atoms with Gasteiger partial charge in [-0.3, -0.25) is 9.59 Å². The molecule has 1 aliphatic rings. The zero-order valence-corrected chi connectivity index (χ0v) is 18.2. The second-order valence-electron chi connectivity index (χ2n) is 7.39. The highest BCUT2D eigenvalue weighted by atomic mass is 35.5. The second kappa shape index (κ2) is 9.40. The molecule has 2 aromatic heterocycles. The van der Waals surface area contributed by atoms with E-state index < -0.39 is 12.0 Å². The third-order valence-corrected chi connectivity index (χ3v) is 5.50. The number of amides is 1. The first-order valence-electron chi connectivity index (χ1n) is 10.3. The molecule has 8 nitrogen and oxygen atoms in total. The van der Waals surface area contributed by atoms with Crippen LogP contribution in [0, 0.1) is 0 Å². The van der Waals surface area contributed by atoms with Crippen molar-refractivity contribution in [2.24, 2.45) is 5.10 Å². The number of ether oxygens (including phenoxy) is 1. The van der Waals surface area contributed by atoms with E-state index in [-0.39, 0.29) is 30.3 Å². The summed E-state index contributed by atoms with van der Waals surface area (Å²) < 4.78 is 11.0. The predicted octanol–water partition coefficient (Wildman–Crippen LogP) is 4.81. The summed E-state index contributed by atoms with van der Waals surface area (Å²) in [5.41, 5.74) is 1.98. The zero-order chi connectivity index (χ0) is 22.7. The van der Waals surface area contributed by atoms with Gasteiger partial charge in [0, 0.05) is 36.3 Å². The van der Waals surface area contributed by atoms with E-state index in [0.717, 1.165) is 5.39 Å². The summed E-state index contributed by atoms with van der Waals surface area (Å²) in [7, 11) is 0. The van der Waals surface area contributed by atoms with E-state index in [4.69, 9.17) is 25.9 Å². The van der Waals surface area contributed by atoms with E-state index in [1.807, 2.05) is 31.2 Å². The lowest BCUT2D eigenvalue weighted by molar-refractivity contribution is -0.137. The Morgan fingerprint density at radius 2 is 2.12 bits per heavy atom. The average molecular weight is 456 g/mol. The Morgan fingerprint density at radius 3 is 2.84 bits per heavy atom. The van der Waals surface area contributed by atoms with Gasteiger partial charge in [0.25, 0.3) is 0 Å². The number of carboxylic acid groups (broad SMARTS) is 1. The molecule has 0 spiro atoms. The minimum atomic E-state index is -0.941. The monoisotopic (exact) mass is 455 g/mol. The number of hydrogen-bond acceptors (Lipinski definition) is 6. The van der Waals surface area contributed by atoms with Gasteiger partial charge in [-0.1, -0.05) is 11.6 Å². The number of carbonyl (C=O) groups excluding carboxylic acids is 1. The molecule has 4 rings (SSSR count). The van der Waals surface area contributed by atoms with Crippen LogP contribution in [0.15, 0.2) is 52.2 Å². The van der Waals surface area contributed by atoms with E-state index in [2.05, 4.69) is 10.1 Å². The molecule has 0 bridgehead atoms. The van der Waals surface area contributed by atoms with Crippen molar-refractivity contribution < 1.29 is 23.8 Å². The number of hydrogen-bond donors (Lipinski definition) is 1. The Balaban J connectivity index is 1.67. The Bertz CT molecular complexity index is 1180. The lowest BCUT2D eigenvalue weighted by Gasteiger charge is -2.23. The van der Waals surface area contributed by atoms with Gasteiger partial charge in [-0.25, -0.2) is 9.99 Å². The summed E-state index contributed by atoms with van der Waals surface area (Å²) in [6.45, 7) is 2.46. The van der Waals surface area contributed by atoms with Crippen LogP contribution in [0.3, 0.4) is 0 Å². The maximum atomic E-state index is 12.9. The van der Waals surface area contributed by atoms with Crippen molar-refractivity contribution in [3.05, 3.63) is 59.1 Å². The molecule has 1 aromatic carbocycles. The molecule has 0 radical (unpaired) electrons. The lowest BCUT2D eigenvalue weighted by atomic mass is 10.0. The summed E-state index contributed by atoms with van der Waals surface area (Å²) in [5, 5.41) is 15.9. The van der Waals surface area contributed by atoms with E-state index in [9.17, 15) is 9.59 Å². The van der Waals surface area contributed by atoms with E-state index in [1.165, 1.54) is 5.01 Å². The van der Waals surface area contributed by atoms with Gasteiger partial charge in [-0.2, -0.15) is 5.10 Å². The average Bonchev–Trinajstić information content (AvgIpc) is 3.43. The van der Waals surface area contributed by atoms with Crippen LogP contribution in [0.25, 0.3) is 10.9 Å². The smallest absolute Gasteiger partial charge is 0.303 e. The number of aromatic nitrogens is 1. The third kappa shape index (κ3) is 4.60. The quantitative estimate of drug-likeness (QED) is 0.488. The van der Waals surface area contributed by atoms with Gasteiger partial charge in [0.2, 0.25) is 5.91 Å². The molecule has 166 valence electrons. The molecule has 1 aliphatic heterocycles. The summed E-state index contributed by atoms with van der Waals surface area (Å²) in [4.78, 5) is 28.3. The number of rotatable bonds is 8. The third-order valence-electron chi connectivity index (χ3n) is 5.19. The zero-order valence-electron chi connectivity index (χ0n) is 17.5. The number of carbonyl (C=O) groups is 2. The van der Waals surface area contributed by atoms with E-state index in [0.29, 0.717) is 41.3 Å². The van der Waals surface area contributed by atoms with Crippen LogP contribution in [-0.4, -0.2) is 39.3 Å². The summed E-state index contributed by atoms with van der Waals surface area (Å²) in [6, 6.07) is 10.6. The topological polar surface area (TPSA) is 105 Å². The largest absolute Gasteiger partial charge is 0.494 e. The second-order valence-corrected chi connectivity index (χ2v) is 7.74. The number of benzene rings is 1. The number of pyridine rings is 1. The molecule has 1 unspecified atom stereocenters. The van der Waals surface area contributed by atoms with Crippen molar-refractivity contribution in [1.82, 2.24) is 9.99 Å². The highest BCUT2D eigenvalue weighted by Gasteiger charge is 2.35. The SMILES string of the molecule is CCOc1ccc2cc(C3CC(c4ccco4)=NN3C(=O)CCCC(=O)O)c(Cl)nc2c1. The van der Waals surface area contributed by atoms with E-state index >= 15 is 0 Å². The van der Waals surface area contributed by atoms with Gasteiger partial charge in [-0.15, -0.1) is 0 Å². The van der Waals surface area contributed by atoms with Crippen molar-refractivity contribution in [3.8, 4) is 5.75 Å². The number of furan rings is 1. The fourth-order valence-corrected chi connectivity index (χ4v) is 3.98. The van der Waals surface area contributed by atoms with Crippen LogP contribution < -0.4 is 4.74 Å². The number of hydrazone groups is 1. The van der Waals surface area contributed by atoms with Crippen LogP contribution in [0.5, 0.6) is 5.75 Å². The van der Waals surface area contributed by atoms with Crippen molar-refractivity contribution in [2.45, 2.75) is 38.6 Å². The van der Waals surface area contributed by atoms with Crippen molar-refractivity contribution in [3.63, 3.8) is 0 Å².